The predicted molar refractivity (Wildman–Crippen MR) is 78.8 cm³/mol. The molecule has 0 unspecified atom stereocenters. The first-order valence-electron chi connectivity index (χ1n) is 6.40. The summed E-state index contributed by atoms with van der Waals surface area (Å²) in [4.78, 5) is 11.5. The highest BCUT2D eigenvalue weighted by Gasteiger charge is 2.01. The van der Waals surface area contributed by atoms with E-state index in [0.717, 1.165) is 11.1 Å². The van der Waals surface area contributed by atoms with Crippen molar-refractivity contribution >= 4 is 12.1 Å². The summed E-state index contributed by atoms with van der Waals surface area (Å²) in [6, 6.07) is 13.2. The smallest absolute Gasteiger partial charge is 0.277 e. The summed E-state index contributed by atoms with van der Waals surface area (Å²) >= 11 is 0. The second kappa shape index (κ2) is 7.19. The molecule has 2 aromatic rings. The molecule has 0 aliphatic rings. The SMILES string of the molecule is Cc1cccc(/C=N/NC(=O)COc2ccc(F)cc2)c1. The zero-order valence-electron chi connectivity index (χ0n) is 11.5. The molecule has 1 amide bonds. The molecule has 0 aliphatic carbocycles. The molecule has 4 nitrogen and oxygen atoms in total. The van der Waals surface area contributed by atoms with Crippen LogP contribution in [-0.4, -0.2) is 18.7 Å². The third-order valence-electron chi connectivity index (χ3n) is 2.63. The van der Waals surface area contributed by atoms with E-state index in [9.17, 15) is 9.18 Å². The molecule has 0 saturated heterocycles. The van der Waals surface area contributed by atoms with Gasteiger partial charge in [0.25, 0.3) is 5.91 Å². The molecule has 0 saturated carbocycles. The average molecular weight is 286 g/mol. The Balaban J connectivity index is 1.78. The molecule has 0 bridgehead atoms. The lowest BCUT2D eigenvalue weighted by Crippen LogP contribution is -2.24. The van der Waals surface area contributed by atoms with Crippen LogP contribution in [0.25, 0.3) is 0 Å². The zero-order valence-corrected chi connectivity index (χ0v) is 11.5. The maximum Gasteiger partial charge on any atom is 0.277 e. The highest BCUT2D eigenvalue weighted by Crippen LogP contribution is 2.10. The fourth-order valence-electron chi connectivity index (χ4n) is 1.64. The first kappa shape index (κ1) is 14.7. The summed E-state index contributed by atoms with van der Waals surface area (Å²) in [6.07, 6.45) is 1.56. The number of ether oxygens (including phenoxy) is 1. The summed E-state index contributed by atoms with van der Waals surface area (Å²) in [5.74, 6) is -0.313. The van der Waals surface area contributed by atoms with Crippen LogP contribution in [0.2, 0.25) is 0 Å². The van der Waals surface area contributed by atoms with Gasteiger partial charge in [-0.3, -0.25) is 4.79 Å². The van der Waals surface area contributed by atoms with E-state index >= 15 is 0 Å². The number of halogens is 1. The molecule has 0 spiro atoms. The number of amides is 1. The average Bonchev–Trinajstić information content (AvgIpc) is 2.47. The third-order valence-corrected chi connectivity index (χ3v) is 2.63. The maximum absolute atomic E-state index is 12.7. The van der Waals surface area contributed by atoms with Gasteiger partial charge < -0.3 is 4.74 Å². The summed E-state index contributed by atoms with van der Waals surface area (Å²) < 4.78 is 17.9. The highest BCUT2D eigenvalue weighted by molar-refractivity contribution is 5.83. The standard InChI is InChI=1S/C16H15FN2O2/c1-12-3-2-4-13(9-12)10-18-19-16(20)11-21-15-7-5-14(17)6-8-15/h2-10H,11H2,1H3,(H,19,20)/b18-10+. The van der Waals surface area contributed by atoms with Crippen molar-refractivity contribution < 1.29 is 13.9 Å². The zero-order chi connectivity index (χ0) is 15.1. The van der Waals surface area contributed by atoms with E-state index < -0.39 is 0 Å². The molecule has 0 aliphatic heterocycles. The summed E-state index contributed by atoms with van der Waals surface area (Å²) in [5, 5.41) is 3.84. The van der Waals surface area contributed by atoms with Crippen molar-refractivity contribution in [1.29, 1.82) is 0 Å². The van der Waals surface area contributed by atoms with Crippen LogP contribution in [0.3, 0.4) is 0 Å². The largest absolute Gasteiger partial charge is 0.484 e. The van der Waals surface area contributed by atoms with E-state index in [1.807, 2.05) is 31.2 Å². The van der Waals surface area contributed by atoms with Crippen molar-refractivity contribution in [2.45, 2.75) is 6.92 Å². The van der Waals surface area contributed by atoms with E-state index in [2.05, 4.69) is 10.5 Å². The number of nitrogens with one attached hydrogen (secondary N) is 1. The maximum atomic E-state index is 12.7. The lowest BCUT2D eigenvalue weighted by molar-refractivity contribution is -0.123. The topological polar surface area (TPSA) is 50.7 Å². The number of aryl methyl sites for hydroxylation is 1. The van der Waals surface area contributed by atoms with Crippen molar-refractivity contribution in [3.05, 3.63) is 65.5 Å². The van der Waals surface area contributed by atoms with Crippen LogP contribution >= 0.6 is 0 Å². The Morgan fingerprint density at radius 2 is 2.05 bits per heavy atom. The van der Waals surface area contributed by atoms with Crippen LogP contribution in [0.5, 0.6) is 5.75 Å². The molecule has 2 rings (SSSR count). The molecule has 2 aromatic carbocycles. The lowest BCUT2D eigenvalue weighted by atomic mass is 10.2. The Labute approximate surface area is 122 Å². The van der Waals surface area contributed by atoms with Crippen LogP contribution < -0.4 is 10.2 Å². The monoisotopic (exact) mass is 286 g/mol. The third kappa shape index (κ3) is 5.06. The van der Waals surface area contributed by atoms with E-state index in [0.29, 0.717) is 5.75 Å². The van der Waals surface area contributed by atoms with Crippen LogP contribution in [0.15, 0.2) is 53.6 Å². The van der Waals surface area contributed by atoms with E-state index in [1.165, 1.54) is 24.3 Å². The number of carbonyl (C=O) groups excluding carboxylic acids is 1. The molecule has 1 N–H and O–H groups in total. The Hall–Kier alpha value is -2.69. The fraction of sp³-hybridized carbons (Fsp3) is 0.125. The molecule has 5 heteroatoms. The van der Waals surface area contributed by atoms with Gasteiger partial charge in [-0.15, -0.1) is 0 Å². The van der Waals surface area contributed by atoms with Gasteiger partial charge in [0, 0.05) is 0 Å². The molecular weight excluding hydrogens is 271 g/mol. The molecular formula is C16H15FN2O2. The second-order valence-corrected chi connectivity index (χ2v) is 4.45. The van der Waals surface area contributed by atoms with Crippen molar-refractivity contribution in [3.63, 3.8) is 0 Å². The number of rotatable bonds is 5. The van der Waals surface area contributed by atoms with Crippen LogP contribution in [-0.2, 0) is 4.79 Å². The van der Waals surface area contributed by atoms with Gasteiger partial charge in [-0.05, 0) is 36.8 Å². The summed E-state index contributed by atoms with van der Waals surface area (Å²) in [7, 11) is 0. The van der Waals surface area contributed by atoms with Gasteiger partial charge in [0.05, 0.1) is 6.21 Å². The number of hydrogen-bond donors (Lipinski definition) is 1. The second-order valence-electron chi connectivity index (χ2n) is 4.45. The lowest BCUT2D eigenvalue weighted by Gasteiger charge is -2.04. The van der Waals surface area contributed by atoms with Crippen molar-refractivity contribution in [2.75, 3.05) is 6.61 Å². The van der Waals surface area contributed by atoms with Crippen LogP contribution in [0.1, 0.15) is 11.1 Å². The van der Waals surface area contributed by atoms with Gasteiger partial charge in [0.2, 0.25) is 0 Å². The van der Waals surface area contributed by atoms with Crippen LogP contribution in [0.4, 0.5) is 4.39 Å². The molecule has 21 heavy (non-hydrogen) atoms. The Kier molecular flexibility index (Phi) is 5.04. The fourth-order valence-corrected chi connectivity index (χ4v) is 1.64. The van der Waals surface area contributed by atoms with Gasteiger partial charge in [-0.25, -0.2) is 9.82 Å². The first-order chi connectivity index (χ1) is 10.1. The Bertz CT molecular complexity index is 639. The molecule has 108 valence electrons. The quantitative estimate of drug-likeness (QED) is 0.678. The van der Waals surface area contributed by atoms with E-state index in [1.54, 1.807) is 6.21 Å². The molecule has 0 fully saturated rings. The van der Waals surface area contributed by atoms with Crippen molar-refractivity contribution in [1.82, 2.24) is 5.43 Å². The number of hydrogen-bond acceptors (Lipinski definition) is 3. The Morgan fingerprint density at radius 1 is 1.29 bits per heavy atom. The van der Waals surface area contributed by atoms with E-state index in [4.69, 9.17) is 4.74 Å². The minimum absolute atomic E-state index is 0.184. The summed E-state index contributed by atoms with van der Waals surface area (Å²) in [5.41, 5.74) is 4.38. The molecule has 0 heterocycles. The first-order valence-corrected chi connectivity index (χ1v) is 6.40. The van der Waals surface area contributed by atoms with Gasteiger partial charge in [0.1, 0.15) is 11.6 Å². The van der Waals surface area contributed by atoms with Crippen molar-refractivity contribution in [3.8, 4) is 5.75 Å². The minimum Gasteiger partial charge on any atom is -0.484 e. The van der Waals surface area contributed by atoms with Gasteiger partial charge >= 0.3 is 0 Å². The van der Waals surface area contributed by atoms with Crippen molar-refractivity contribution in [2.24, 2.45) is 5.10 Å². The number of nitrogens with zero attached hydrogens (tertiary/aromatic N) is 1. The van der Waals surface area contributed by atoms with Crippen LogP contribution in [0, 0.1) is 12.7 Å². The van der Waals surface area contributed by atoms with Gasteiger partial charge in [0.15, 0.2) is 6.61 Å². The molecule has 0 aromatic heterocycles. The normalized spacial score (nSPS) is 10.6. The Morgan fingerprint density at radius 3 is 2.76 bits per heavy atom. The molecule has 0 radical (unpaired) electrons. The summed E-state index contributed by atoms with van der Waals surface area (Å²) in [6.45, 7) is 1.79. The predicted octanol–water partition coefficient (Wildman–Crippen LogP) is 2.66. The molecule has 0 atom stereocenters. The highest BCUT2D eigenvalue weighted by atomic mass is 19.1. The number of hydrazone groups is 1. The number of benzene rings is 2. The minimum atomic E-state index is -0.386. The number of carbonyl (C=O) groups is 1. The van der Waals surface area contributed by atoms with E-state index in [-0.39, 0.29) is 18.3 Å². The van der Waals surface area contributed by atoms with Gasteiger partial charge in [-0.1, -0.05) is 29.8 Å². The van der Waals surface area contributed by atoms with Gasteiger partial charge in [-0.2, -0.15) is 5.10 Å².